The molecular weight excluding hydrogens is 226 g/mol. The normalized spacial score (nSPS) is 19.6. The van der Waals surface area contributed by atoms with Crippen LogP contribution in [0.25, 0.3) is 10.9 Å². The summed E-state index contributed by atoms with van der Waals surface area (Å²) in [6.45, 7) is 2.97. The fourth-order valence-corrected chi connectivity index (χ4v) is 2.71. The first-order chi connectivity index (χ1) is 8.66. The van der Waals surface area contributed by atoms with Gasteiger partial charge in [-0.15, -0.1) is 0 Å². The van der Waals surface area contributed by atoms with E-state index in [1.165, 1.54) is 0 Å². The molecule has 0 radical (unpaired) electrons. The van der Waals surface area contributed by atoms with Gasteiger partial charge >= 0.3 is 0 Å². The van der Waals surface area contributed by atoms with Crippen LogP contribution < -0.4 is 5.73 Å². The predicted molar refractivity (Wildman–Crippen MR) is 72.4 cm³/mol. The SMILES string of the molecule is CC1CCCN1C(=O)c1c[nH]c2cc(N)ccc12. The van der Waals surface area contributed by atoms with E-state index in [1.54, 1.807) is 6.20 Å². The highest BCUT2D eigenvalue weighted by Crippen LogP contribution is 2.25. The standard InChI is InChI=1S/C14H17N3O/c1-9-3-2-6-17(9)14(18)12-8-16-13-7-10(15)4-5-11(12)13/h4-5,7-9,16H,2-3,6,15H2,1H3. The fourth-order valence-electron chi connectivity index (χ4n) is 2.71. The highest BCUT2D eigenvalue weighted by atomic mass is 16.2. The van der Waals surface area contributed by atoms with E-state index in [0.717, 1.165) is 35.9 Å². The number of likely N-dealkylation sites (tertiary alicyclic amines) is 1. The number of hydrogen-bond acceptors (Lipinski definition) is 2. The number of amides is 1. The molecule has 0 aliphatic carbocycles. The second-order valence-electron chi connectivity index (χ2n) is 5.00. The minimum absolute atomic E-state index is 0.121. The van der Waals surface area contributed by atoms with Gasteiger partial charge in [-0.3, -0.25) is 4.79 Å². The molecule has 1 atom stereocenters. The van der Waals surface area contributed by atoms with E-state index in [4.69, 9.17) is 5.73 Å². The van der Waals surface area contributed by atoms with Crippen LogP contribution in [0.4, 0.5) is 5.69 Å². The van der Waals surface area contributed by atoms with Gasteiger partial charge in [-0.25, -0.2) is 0 Å². The topological polar surface area (TPSA) is 62.1 Å². The van der Waals surface area contributed by atoms with Crippen molar-refractivity contribution in [3.8, 4) is 0 Å². The van der Waals surface area contributed by atoms with Crippen LogP contribution in [-0.2, 0) is 0 Å². The third kappa shape index (κ3) is 1.65. The number of H-pyrrole nitrogens is 1. The van der Waals surface area contributed by atoms with Crippen molar-refractivity contribution in [3.05, 3.63) is 30.0 Å². The molecule has 2 heterocycles. The maximum atomic E-state index is 12.5. The Morgan fingerprint density at radius 1 is 1.50 bits per heavy atom. The summed E-state index contributed by atoms with van der Waals surface area (Å²) in [5, 5.41) is 0.952. The Morgan fingerprint density at radius 2 is 2.33 bits per heavy atom. The van der Waals surface area contributed by atoms with E-state index >= 15 is 0 Å². The molecule has 1 aromatic carbocycles. The van der Waals surface area contributed by atoms with Crippen molar-refractivity contribution in [1.82, 2.24) is 9.88 Å². The Hall–Kier alpha value is -1.97. The summed E-state index contributed by atoms with van der Waals surface area (Å²) < 4.78 is 0. The Morgan fingerprint density at radius 3 is 3.06 bits per heavy atom. The van der Waals surface area contributed by atoms with Gasteiger partial charge in [0.05, 0.1) is 5.56 Å². The Labute approximate surface area is 106 Å². The van der Waals surface area contributed by atoms with Gasteiger partial charge in [0, 0.05) is 35.4 Å². The van der Waals surface area contributed by atoms with Gasteiger partial charge in [-0.2, -0.15) is 0 Å². The van der Waals surface area contributed by atoms with Gasteiger partial charge in [-0.1, -0.05) is 0 Å². The average molecular weight is 243 g/mol. The lowest BCUT2D eigenvalue weighted by atomic mass is 10.1. The second kappa shape index (κ2) is 4.05. The van der Waals surface area contributed by atoms with Crippen LogP contribution in [-0.4, -0.2) is 28.4 Å². The largest absolute Gasteiger partial charge is 0.399 e. The molecule has 1 aliphatic heterocycles. The van der Waals surface area contributed by atoms with Crippen LogP contribution in [0.5, 0.6) is 0 Å². The monoisotopic (exact) mass is 243 g/mol. The van der Waals surface area contributed by atoms with Gasteiger partial charge in [0.2, 0.25) is 0 Å². The van der Waals surface area contributed by atoms with Gasteiger partial charge in [-0.05, 0) is 38.0 Å². The summed E-state index contributed by atoms with van der Waals surface area (Å²) in [7, 11) is 0. The molecule has 0 bridgehead atoms. The lowest BCUT2D eigenvalue weighted by Gasteiger charge is -2.20. The van der Waals surface area contributed by atoms with Gasteiger partial charge in [0.1, 0.15) is 0 Å². The van der Waals surface area contributed by atoms with E-state index in [1.807, 2.05) is 23.1 Å². The van der Waals surface area contributed by atoms with Crippen molar-refractivity contribution in [2.45, 2.75) is 25.8 Å². The molecule has 0 saturated carbocycles. The van der Waals surface area contributed by atoms with Crippen molar-refractivity contribution in [3.63, 3.8) is 0 Å². The van der Waals surface area contributed by atoms with E-state index in [9.17, 15) is 4.79 Å². The van der Waals surface area contributed by atoms with Crippen molar-refractivity contribution in [1.29, 1.82) is 0 Å². The first-order valence-corrected chi connectivity index (χ1v) is 6.34. The summed E-state index contributed by atoms with van der Waals surface area (Å²) in [5.41, 5.74) is 8.11. The summed E-state index contributed by atoms with van der Waals surface area (Å²) >= 11 is 0. The molecule has 94 valence electrons. The zero-order chi connectivity index (χ0) is 12.7. The van der Waals surface area contributed by atoms with Gasteiger partial charge < -0.3 is 15.6 Å². The third-order valence-corrected chi connectivity index (χ3v) is 3.75. The summed E-state index contributed by atoms with van der Waals surface area (Å²) in [5.74, 6) is 0.121. The molecule has 1 aliphatic rings. The summed E-state index contributed by atoms with van der Waals surface area (Å²) in [6, 6.07) is 5.95. The molecular formula is C14H17N3O. The number of rotatable bonds is 1. The minimum atomic E-state index is 0.121. The number of benzene rings is 1. The van der Waals surface area contributed by atoms with Crippen molar-refractivity contribution >= 4 is 22.5 Å². The molecule has 18 heavy (non-hydrogen) atoms. The molecule has 1 amide bonds. The number of nitrogen functional groups attached to an aromatic ring is 1. The number of nitrogens with one attached hydrogen (secondary N) is 1. The number of fused-ring (bicyclic) bond motifs is 1. The first-order valence-electron chi connectivity index (χ1n) is 6.34. The summed E-state index contributed by atoms with van der Waals surface area (Å²) in [6.07, 6.45) is 3.99. The molecule has 2 aromatic rings. The van der Waals surface area contributed by atoms with E-state index in [2.05, 4.69) is 11.9 Å². The molecule has 3 rings (SSSR count). The Bertz CT molecular complexity index is 602. The number of nitrogens with zero attached hydrogens (tertiary/aromatic N) is 1. The van der Waals surface area contributed by atoms with Crippen LogP contribution in [0.15, 0.2) is 24.4 Å². The van der Waals surface area contributed by atoms with Crippen LogP contribution in [0.2, 0.25) is 0 Å². The van der Waals surface area contributed by atoms with Crippen molar-refractivity contribution in [2.75, 3.05) is 12.3 Å². The highest BCUT2D eigenvalue weighted by Gasteiger charge is 2.27. The number of anilines is 1. The molecule has 1 aromatic heterocycles. The molecule has 1 fully saturated rings. The maximum Gasteiger partial charge on any atom is 0.256 e. The predicted octanol–water partition coefficient (Wildman–Crippen LogP) is 2.37. The lowest BCUT2D eigenvalue weighted by Crippen LogP contribution is -2.33. The molecule has 4 heteroatoms. The zero-order valence-corrected chi connectivity index (χ0v) is 10.4. The molecule has 1 saturated heterocycles. The number of carbonyl (C=O) groups excluding carboxylic acids is 1. The molecule has 3 N–H and O–H groups in total. The number of carbonyl (C=O) groups is 1. The quantitative estimate of drug-likeness (QED) is 0.755. The second-order valence-corrected chi connectivity index (χ2v) is 5.00. The minimum Gasteiger partial charge on any atom is -0.399 e. The molecule has 0 spiro atoms. The average Bonchev–Trinajstić information content (AvgIpc) is 2.94. The fraction of sp³-hybridized carbons (Fsp3) is 0.357. The molecule has 1 unspecified atom stereocenters. The number of nitrogens with two attached hydrogens (primary N) is 1. The Kier molecular flexibility index (Phi) is 2.51. The van der Waals surface area contributed by atoms with Gasteiger partial charge in [0.15, 0.2) is 0 Å². The first kappa shape index (κ1) is 11.1. The van der Waals surface area contributed by atoms with Crippen LogP contribution in [0.1, 0.15) is 30.1 Å². The van der Waals surface area contributed by atoms with Crippen molar-refractivity contribution < 1.29 is 4.79 Å². The van der Waals surface area contributed by atoms with Crippen LogP contribution in [0.3, 0.4) is 0 Å². The Balaban J connectivity index is 2.01. The van der Waals surface area contributed by atoms with Crippen LogP contribution >= 0.6 is 0 Å². The highest BCUT2D eigenvalue weighted by molar-refractivity contribution is 6.07. The molecule has 4 nitrogen and oxygen atoms in total. The van der Waals surface area contributed by atoms with Gasteiger partial charge in [0.25, 0.3) is 5.91 Å². The third-order valence-electron chi connectivity index (χ3n) is 3.75. The maximum absolute atomic E-state index is 12.5. The zero-order valence-electron chi connectivity index (χ0n) is 10.4. The smallest absolute Gasteiger partial charge is 0.256 e. The van der Waals surface area contributed by atoms with E-state index in [-0.39, 0.29) is 5.91 Å². The number of hydrogen-bond donors (Lipinski definition) is 2. The van der Waals surface area contributed by atoms with Crippen LogP contribution in [0, 0.1) is 0 Å². The van der Waals surface area contributed by atoms with Crippen molar-refractivity contribution in [2.24, 2.45) is 0 Å². The number of aromatic amines is 1. The van der Waals surface area contributed by atoms with E-state index in [0.29, 0.717) is 11.7 Å². The summed E-state index contributed by atoms with van der Waals surface area (Å²) in [4.78, 5) is 17.6. The number of aromatic nitrogens is 1. The van der Waals surface area contributed by atoms with E-state index < -0.39 is 0 Å². The lowest BCUT2D eigenvalue weighted by molar-refractivity contribution is 0.0749.